The number of piperidine rings is 1. The second kappa shape index (κ2) is 6.33. The number of nitro groups is 1. The van der Waals surface area contributed by atoms with Gasteiger partial charge in [0.25, 0.3) is 0 Å². The van der Waals surface area contributed by atoms with Gasteiger partial charge in [0.15, 0.2) is 0 Å². The molecule has 8 nitrogen and oxygen atoms in total. The summed E-state index contributed by atoms with van der Waals surface area (Å²) >= 11 is 0. The molecule has 1 aromatic heterocycles. The molecule has 1 atom stereocenters. The minimum atomic E-state index is -3.26. The summed E-state index contributed by atoms with van der Waals surface area (Å²) in [6, 6.07) is 6.51. The van der Waals surface area contributed by atoms with E-state index < -0.39 is 14.9 Å². The Morgan fingerprint density at radius 1 is 1.38 bits per heavy atom. The van der Waals surface area contributed by atoms with Gasteiger partial charge in [-0.15, -0.1) is 0 Å². The molecule has 0 bridgehead atoms. The van der Waals surface area contributed by atoms with E-state index in [2.05, 4.69) is 10.3 Å². The van der Waals surface area contributed by atoms with E-state index in [1.54, 1.807) is 30.5 Å². The van der Waals surface area contributed by atoms with Crippen LogP contribution in [0, 0.1) is 10.1 Å². The Morgan fingerprint density at radius 3 is 2.88 bits per heavy atom. The van der Waals surface area contributed by atoms with E-state index >= 15 is 0 Å². The molecule has 0 spiro atoms. The van der Waals surface area contributed by atoms with Crippen LogP contribution in [-0.2, 0) is 10.0 Å². The molecule has 1 N–H and O–H groups in total. The van der Waals surface area contributed by atoms with E-state index in [0.29, 0.717) is 36.1 Å². The third-order valence-electron chi connectivity index (χ3n) is 4.15. The SMILES string of the molecule is CS(=O)(=O)N1CCC[C@H](Nc2ccc3ncccc3c2[N+](=O)[O-])C1. The van der Waals surface area contributed by atoms with E-state index in [4.69, 9.17) is 0 Å². The van der Waals surface area contributed by atoms with Crippen LogP contribution in [0.5, 0.6) is 0 Å². The second-order valence-electron chi connectivity index (χ2n) is 5.89. The first-order valence-electron chi connectivity index (χ1n) is 7.60. The van der Waals surface area contributed by atoms with Crippen molar-refractivity contribution >= 4 is 32.3 Å². The van der Waals surface area contributed by atoms with Crippen LogP contribution in [0.1, 0.15) is 12.8 Å². The summed E-state index contributed by atoms with van der Waals surface area (Å²) in [5.74, 6) is 0. The molecule has 0 radical (unpaired) electrons. The number of sulfonamides is 1. The maximum absolute atomic E-state index is 11.7. The number of benzene rings is 1. The monoisotopic (exact) mass is 350 g/mol. The third-order valence-corrected chi connectivity index (χ3v) is 5.42. The fraction of sp³-hybridized carbons (Fsp3) is 0.400. The van der Waals surface area contributed by atoms with Crippen molar-refractivity contribution in [2.45, 2.75) is 18.9 Å². The van der Waals surface area contributed by atoms with Gasteiger partial charge in [-0.1, -0.05) is 0 Å². The first kappa shape index (κ1) is 16.6. The average Bonchev–Trinajstić information content (AvgIpc) is 2.53. The first-order valence-corrected chi connectivity index (χ1v) is 9.45. The lowest BCUT2D eigenvalue weighted by Crippen LogP contribution is -2.44. The van der Waals surface area contributed by atoms with Gasteiger partial charge in [-0.05, 0) is 37.1 Å². The molecule has 1 aliphatic heterocycles. The molecule has 128 valence electrons. The lowest BCUT2D eigenvalue weighted by Gasteiger charge is -2.31. The van der Waals surface area contributed by atoms with Crippen LogP contribution in [0.3, 0.4) is 0 Å². The number of aromatic nitrogens is 1. The van der Waals surface area contributed by atoms with Crippen molar-refractivity contribution in [2.24, 2.45) is 0 Å². The summed E-state index contributed by atoms with van der Waals surface area (Å²) in [4.78, 5) is 15.2. The van der Waals surface area contributed by atoms with E-state index in [1.807, 2.05) is 0 Å². The molecule has 2 aromatic rings. The Morgan fingerprint density at radius 2 is 2.17 bits per heavy atom. The maximum atomic E-state index is 11.7. The maximum Gasteiger partial charge on any atom is 0.301 e. The zero-order valence-electron chi connectivity index (χ0n) is 13.2. The minimum Gasteiger partial charge on any atom is -0.375 e. The summed E-state index contributed by atoms with van der Waals surface area (Å²) in [6.45, 7) is 0.793. The van der Waals surface area contributed by atoms with Crippen LogP contribution in [-0.4, -0.2) is 48.0 Å². The lowest BCUT2D eigenvalue weighted by atomic mass is 10.1. The molecule has 0 aliphatic carbocycles. The Labute approximate surface area is 139 Å². The Kier molecular flexibility index (Phi) is 4.37. The lowest BCUT2D eigenvalue weighted by molar-refractivity contribution is -0.382. The predicted molar refractivity (Wildman–Crippen MR) is 91.5 cm³/mol. The normalized spacial score (nSPS) is 19.3. The number of hydrogen-bond donors (Lipinski definition) is 1. The van der Waals surface area contributed by atoms with Crippen molar-refractivity contribution in [3.05, 3.63) is 40.6 Å². The summed E-state index contributed by atoms with van der Waals surface area (Å²) in [5.41, 5.74) is 0.911. The zero-order chi connectivity index (χ0) is 17.3. The number of anilines is 1. The molecule has 3 rings (SSSR count). The van der Waals surface area contributed by atoms with Gasteiger partial charge in [0, 0.05) is 25.3 Å². The van der Waals surface area contributed by atoms with Gasteiger partial charge < -0.3 is 5.32 Å². The number of pyridine rings is 1. The highest BCUT2D eigenvalue weighted by molar-refractivity contribution is 7.88. The summed E-state index contributed by atoms with van der Waals surface area (Å²) in [5, 5.41) is 15.1. The number of rotatable bonds is 4. The number of hydrogen-bond acceptors (Lipinski definition) is 6. The number of nitrogens with zero attached hydrogens (tertiary/aromatic N) is 3. The fourth-order valence-electron chi connectivity index (χ4n) is 3.03. The van der Waals surface area contributed by atoms with Crippen molar-refractivity contribution in [3.63, 3.8) is 0 Å². The molecule has 1 saturated heterocycles. The number of nitrogens with one attached hydrogen (secondary N) is 1. The van der Waals surface area contributed by atoms with Crippen molar-refractivity contribution in [3.8, 4) is 0 Å². The minimum absolute atomic E-state index is 0.0305. The van der Waals surface area contributed by atoms with Gasteiger partial charge in [0.1, 0.15) is 5.69 Å². The van der Waals surface area contributed by atoms with Gasteiger partial charge in [-0.25, -0.2) is 12.7 Å². The molecule has 0 saturated carbocycles. The summed E-state index contributed by atoms with van der Waals surface area (Å²) in [6.07, 6.45) is 4.24. The summed E-state index contributed by atoms with van der Waals surface area (Å²) < 4.78 is 24.8. The summed E-state index contributed by atoms with van der Waals surface area (Å²) in [7, 11) is -3.26. The molecular weight excluding hydrogens is 332 g/mol. The number of nitro benzene ring substituents is 1. The topological polar surface area (TPSA) is 105 Å². The molecule has 9 heteroatoms. The molecule has 1 aromatic carbocycles. The van der Waals surface area contributed by atoms with Crippen molar-refractivity contribution in [1.82, 2.24) is 9.29 Å². The Balaban J connectivity index is 1.92. The van der Waals surface area contributed by atoms with Gasteiger partial charge >= 0.3 is 5.69 Å². The smallest absolute Gasteiger partial charge is 0.301 e. The molecular formula is C15H18N4O4S. The molecule has 0 unspecified atom stereocenters. The van der Waals surface area contributed by atoms with Gasteiger partial charge in [-0.2, -0.15) is 0 Å². The highest BCUT2D eigenvalue weighted by Gasteiger charge is 2.28. The zero-order valence-corrected chi connectivity index (χ0v) is 14.0. The van der Waals surface area contributed by atoms with Crippen molar-refractivity contribution in [1.29, 1.82) is 0 Å². The van der Waals surface area contributed by atoms with Crippen LogP contribution in [0.2, 0.25) is 0 Å². The quantitative estimate of drug-likeness (QED) is 0.668. The van der Waals surface area contributed by atoms with Gasteiger partial charge in [0.2, 0.25) is 10.0 Å². The van der Waals surface area contributed by atoms with Gasteiger partial charge in [-0.3, -0.25) is 15.1 Å². The Bertz CT molecular complexity index is 884. The van der Waals surface area contributed by atoms with Crippen LogP contribution < -0.4 is 5.32 Å². The second-order valence-corrected chi connectivity index (χ2v) is 7.88. The highest BCUT2D eigenvalue weighted by Crippen LogP contribution is 2.33. The van der Waals surface area contributed by atoms with E-state index in [1.165, 1.54) is 10.6 Å². The van der Waals surface area contributed by atoms with Crippen LogP contribution >= 0.6 is 0 Å². The van der Waals surface area contributed by atoms with E-state index in [0.717, 1.165) is 6.42 Å². The molecule has 2 heterocycles. The van der Waals surface area contributed by atoms with Gasteiger partial charge in [0.05, 0.1) is 22.1 Å². The van der Waals surface area contributed by atoms with Crippen LogP contribution in [0.25, 0.3) is 10.9 Å². The molecule has 1 fully saturated rings. The van der Waals surface area contributed by atoms with Crippen LogP contribution in [0.15, 0.2) is 30.5 Å². The molecule has 1 aliphatic rings. The molecule has 0 amide bonds. The van der Waals surface area contributed by atoms with E-state index in [-0.39, 0.29) is 11.7 Å². The van der Waals surface area contributed by atoms with Crippen molar-refractivity contribution in [2.75, 3.05) is 24.7 Å². The van der Waals surface area contributed by atoms with Crippen molar-refractivity contribution < 1.29 is 13.3 Å². The largest absolute Gasteiger partial charge is 0.375 e. The molecule has 24 heavy (non-hydrogen) atoms. The van der Waals surface area contributed by atoms with E-state index in [9.17, 15) is 18.5 Å². The number of fused-ring (bicyclic) bond motifs is 1. The average molecular weight is 350 g/mol. The van der Waals surface area contributed by atoms with Crippen LogP contribution in [0.4, 0.5) is 11.4 Å². The third kappa shape index (κ3) is 3.31. The highest BCUT2D eigenvalue weighted by atomic mass is 32.2. The standard InChI is InChI=1S/C15H18N4O4S/c1-24(22,23)18-9-3-4-11(10-18)17-14-7-6-13-12(5-2-8-16-13)15(14)19(20)21/h2,5-8,11,17H,3-4,9-10H2,1H3/t11-/m0/s1. The first-order chi connectivity index (χ1) is 11.4. The fourth-order valence-corrected chi connectivity index (χ4v) is 3.94. The predicted octanol–water partition coefficient (Wildman–Crippen LogP) is 1.98. The Hall–Kier alpha value is -2.26.